The molecule has 0 spiro atoms. The van der Waals surface area contributed by atoms with Crippen LogP contribution in [0.5, 0.6) is 0 Å². The Balaban J connectivity index is 1.85. The van der Waals surface area contributed by atoms with E-state index in [2.05, 4.69) is 0 Å². The van der Waals surface area contributed by atoms with E-state index in [9.17, 15) is 4.79 Å². The van der Waals surface area contributed by atoms with E-state index in [1.165, 1.54) is 0 Å². The first-order valence-electron chi connectivity index (χ1n) is 6.68. The molecule has 2 unspecified atom stereocenters. The minimum absolute atomic E-state index is 0.175. The van der Waals surface area contributed by atoms with Crippen LogP contribution in [0, 0.1) is 0 Å². The van der Waals surface area contributed by atoms with Crippen LogP contribution in [0.25, 0.3) is 0 Å². The molecule has 1 heterocycles. The number of epoxide rings is 1. The number of benzene rings is 1. The van der Waals surface area contributed by atoms with Crippen LogP contribution in [0.2, 0.25) is 0 Å². The summed E-state index contributed by atoms with van der Waals surface area (Å²) in [4.78, 5) is 12.2. The maximum Gasteiger partial charge on any atom is 0.341 e. The van der Waals surface area contributed by atoms with Crippen LogP contribution < -0.4 is 0 Å². The lowest BCUT2D eigenvalue weighted by Gasteiger charge is -2.12. The monoisotopic (exact) mass is 246 g/mol. The molecule has 2 aliphatic rings. The van der Waals surface area contributed by atoms with Gasteiger partial charge in [-0.05, 0) is 31.2 Å². The van der Waals surface area contributed by atoms with Gasteiger partial charge in [-0.3, -0.25) is 0 Å². The van der Waals surface area contributed by atoms with Gasteiger partial charge in [0, 0.05) is 0 Å². The highest BCUT2D eigenvalue weighted by Gasteiger charge is 2.78. The molecular formula is C15H18O3. The number of rotatable bonds is 4. The molecule has 2 fully saturated rings. The first-order chi connectivity index (χ1) is 8.75. The molecule has 1 aromatic rings. The second kappa shape index (κ2) is 4.09. The van der Waals surface area contributed by atoms with Crippen molar-refractivity contribution < 1.29 is 14.3 Å². The molecule has 3 rings (SSSR count). The average Bonchev–Trinajstić information content (AvgIpc) is 2.95. The Hall–Kier alpha value is -1.35. The number of esters is 1. The van der Waals surface area contributed by atoms with Gasteiger partial charge in [-0.25, -0.2) is 4.79 Å². The predicted octanol–water partition coefficient (Wildman–Crippen LogP) is 2.79. The summed E-state index contributed by atoms with van der Waals surface area (Å²) in [7, 11) is 0. The Kier molecular flexibility index (Phi) is 2.67. The molecule has 18 heavy (non-hydrogen) atoms. The fourth-order valence-electron chi connectivity index (χ4n) is 3.13. The number of fused-ring (bicyclic) bond motifs is 1. The first kappa shape index (κ1) is 11.7. The molecule has 0 aromatic heterocycles. The van der Waals surface area contributed by atoms with Gasteiger partial charge in [0.05, 0.1) is 6.61 Å². The highest BCUT2D eigenvalue weighted by molar-refractivity contribution is 5.86. The fraction of sp³-hybridized carbons (Fsp3) is 0.533. The van der Waals surface area contributed by atoms with Crippen molar-refractivity contribution in [1.82, 2.24) is 0 Å². The SMILES string of the molecule is CCCOC(=O)C12CCCC1(c1ccccc1)O2. The van der Waals surface area contributed by atoms with Crippen LogP contribution in [-0.2, 0) is 19.9 Å². The minimum Gasteiger partial charge on any atom is -0.463 e. The third-order valence-corrected chi connectivity index (χ3v) is 4.02. The van der Waals surface area contributed by atoms with Gasteiger partial charge >= 0.3 is 5.97 Å². The van der Waals surface area contributed by atoms with Crippen LogP contribution in [0.3, 0.4) is 0 Å². The second-order valence-corrected chi connectivity index (χ2v) is 5.11. The van der Waals surface area contributed by atoms with Crippen molar-refractivity contribution in [3.8, 4) is 0 Å². The van der Waals surface area contributed by atoms with Crippen LogP contribution in [0.1, 0.15) is 38.2 Å². The number of hydrogen-bond donors (Lipinski definition) is 0. The topological polar surface area (TPSA) is 38.8 Å². The van der Waals surface area contributed by atoms with Crippen LogP contribution >= 0.6 is 0 Å². The van der Waals surface area contributed by atoms with Crippen LogP contribution in [0.15, 0.2) is 30.3 Å². The summed E-state index contributed by atoms with van der Waals surface area (Å²) in [6.45, 7) is 2.48. The van der Waals surface area contributed by atoms with Gasteiger partial charge in [-0.15, -0.1) is 0 Å². The molecule has 3 nitrogen and oxygen atoms in total. The molecule has 0 amide bonds. The highest BCUT2D eigenvalue weighted by Crippen LogP contribution is 2.66. The number of hydrogen-bond acceptors (Lipinski definition) is 3. The van der Waals surface area contributed by atoms with Crippen LogP contribution in [0.4, 0.5) is 0 Å². The maximum absolute atomic E-state index is 12.2. The summed E-state index contributed by atoms with van der Waals surface area (Å²) in [6, 6.07) is 10.0. The van der Waals surface area contributed by atoms with E-state index in [1.54, 1.807) is 0 Å². The normalized spacial score (nSPS) is 32.9. The zero-order valence-electron chi connectivity index (χ0n) is 10.6. The lowest BCUT2D eigenvalue weighted by Crippen LogP contribution is -2.30. The lowest BCUT2D eigenvalue weighted by atomic mass is 9.89. The van der Waals surface area contributed by atoms with E-state index in [0.29, 0.717) is 6.61 Å². The van der Waals surface area contributed by atoms with Gasteiger partial charge < -0.3 is 9.47 Å². The molecule has 0 N–H and O–H groups in total. The third kappa shape index (κ3) is 1.43. The van der Waals surface area contributed by atoms with Crippen molar-refractivity contribution in [3.05, 3.63) is 35.9 Å². The van der Waals surface area contributed by atoms with Gasteiger partial charge in [0.2, 0.25) is 0 Å². The van der Waals surface area contributed by atoms with E-state index < -0.39 is 11.2 Å². The molecule has 0 bridgehead atoms. The predicted molar refractivity (Wildman–Crippen MR) is 67.0 cm³/mol. The van der Waals surface area contributed by atoms with Crippen molar-refractivity contribution in [2.75, 3.05) is 6.61 Å². The van der Waals surface area contributed by atoms with E-state index in [-0.39, 0.29) is 5.97 Å². The van der Waals surface area contributed by atoms with Crippen LogP contribution in [-0.4, -0.2) is 18.2 Å². The number of carbonyl (C=O) groups is 1. The summed E-state index contributed by atoms with van der Waals surface area (Å²) in [5.41, 5.74) is 0.0127. The zero-order chi connectivity index (χ0) is 12.6. The molecule has 1 saturated carbocycles. The van der Waals surface area contributed by atoms with E-state index in [0.717, 1.165) is 31.2 Å². The van der Waals surface area contributed by atoms with E-state index in [1.807, 2.05) is 37.3 Å². The van der Waals surface area contributed by atoms with Crippen molar-refractivity contribution >= 4 is 5.97 Å². The van der Waals surface area contributed by atoms with Gasteiger partial charge in [-0.2, -0.15) is 0 Å². The molecular weight excluding hydrogens is 228 g/mol. The Labute approximate surface area is 107 Å². The largest absolute Gasteiger partial charge is 0.463 e. The number of carbonyl (C=O) groups excluding carboxylic acids is 1. The Bertz CT molecular complexity index is 456. The highest BCUT2D eigenvalue weighted by atomic mass is 16.7. The Morgan fingerprint density at radius 1 is 1.33 bits per heavy atom. The number of ether oxygens (including phenoxy) is 2. The van der Waals surface area contributed by atoms with Gasteiger partial charge in [0.25, 0.3) is 0 Å². The summed E-state index contributed by atoms with van der Waals surface area (Å²) in [6.07, 6.45) is 3.57. The quantitative estimate of drug-likeness (QED) is 0.605. The lowest BCUT2D eigenvalue weighted by molar-refractivity contribution is -0.150. The van der Waals surface area contributed by atoms with Gasteiger partial charge in [0.15, 0.2) is 5.60 Å². The fourth-order valence-corrected chi connectivity index (χ4v) is 3.13. The maximum atomic E-state index is 12.2. The van der Waals surface area contributed by atoms with Crippen molar-refractivity contribution in [2.45, 2.75) is 43.8 Å². The third-order valence-electron chi connectivity index (χ3n) is 4.02. The second-order valence-electron chi connectivity index (χ2n) is 5.11. The van der Waals surface area contributed by atoms with Crippen molar-refractivity contribution in [3.63, 3.8) is 0 Å². The molecule has 3 heteroatoms. The van der Waals surface area contributed by atoms with Crippen molar-refractivity contribution in [2.24, 2.45) is 0 Å². The first-order valence-corrected chi connectivity index (χ1v) is 6.68. The molecule has 0 radical (unpaired) electrons. The molecule has 1 aliphatic carbocycles. The summed E-state index contributed by atoms with van der Waals surface area (Å²) < 4.78 is 11.2. The summed E-state index contributed by atoms with van der Waals surface area (Å²) in [5, 5.41) is 0. The van der Waals surface area contributed by atoms with Gasteiger partial charge in [0.1, 0.15) is 5.60 Å². The van der Waals surface area contributed by atoms with Crippen molar-refractivity contribution in [1.29, 1.82) is 0 Å². The van der Waals surface area contributed by atoms with E-state index >= 15 is 0 Å². The summed E-state index contributed by atoms with van der Waals surface area (Å²) >= 11 is 0. The average molecular weight is 246 g/mol. The Morgan fingerprint density at radius 2 is 2.11 bits per heavy atom. The van der Waals surface area contributed by atoms with Gasteiger partial charge in [-0.1, -0.05) is 37.3 Å². The molecule has 1 saturated heterocycles. The Morgan fingerprint density at radius 3 is 2.83 bits per heavy atom. The van der Waals surface area contributed by atoms with E-state index in [4.69, 9.17) is 9.47 Å². The molecule has 96 valence electrons. The smallest absolute Gasteiger partial charge is 0.341 e. The summed E-state index contributed by atoms with van der Waals surface area (Å²) in [5.74, 6) is -0.175. The minimum atomic E-state index is -0.691. The standard InChI is InChI=1S/C15H18O3/c1-2-11-17-13(16)15-10-6-9-14(15,18-15)12-7-4-3-5-8-12/h3-5,7-8H,2,6,9-11H2,1H3. The molecule has 1 aromatic carbocycles. The zero-order valence-corrected chi connectivity index (χ0v) is 10.6. The molecule has 1 aliphatic heterocycles. The molecule has 2 atom stereocenters.